The zero-order valence-corrected chi connectivity index (χ0v) is 12.4. The standard InChI is InChI=1S/C15H15BrN2O2/c1-2-3-9-13(19)7-12-14(9)17-11-5-4-8(16)6-10(11)15(20)18-12/h2,4-6,9,12,14,17H,1,3,7H2,(H,18,20)/t9-,12-,14+/m1/s1. The second-order valence-corrected chi connectivity index (χ2v) is 6.16. The van der Waals surface area contributed by atoms with E-state index in [1.54, 1.807) is 12.1 Å². The summed E-state index contributed by atoms with van der Waals surface area (Å²) in [5, 5.41) is 6.34. The van der Waals surface area contributed by atoms with Crippen LogP contribution in [-0.2, 0) is 4.79 Å². The molecule has 0 unspecified atom stereocenters. The van der Waals surface area contributed by atoms with Crippen LogP contribution in [0.2, 0.25) is 0 Å². The third-order valence-electron chi connectivity index (χ3n) is 3.99. The van der Waals surface area contributed by atoms with E-state index in [1.165, 1.54) is 0 Å². The van der Waals surface area contributed by atoms with Gasteiger partial charge in [-0.15, -0.1) is 6.58 Å². The van der Waals surface area contributed by atoms with Gasteiger partial charge in [-0.1, -0.05) is 22.0 Å². The van der Waals surface area contributed by atoms with Gasteiger partial charge in [-0.3, -0.25) is 9.59 Å². The van der Waals surface area contributed by atoms with Crippen LogP contribution in [0.25, 0.3) is 0 Å². The van der Waals surface area contributed by atoms with Gasteiger partial charge in [0.05, 0.1) is 17.6 Å². The van der Waals surface area contributed by atoms with Crippen molar-refractivity contribution in [3.05, 3.63) is 40.9 Å². The molecule has 1 heterocycles. The maximum atomic E-state index is 12.3. The van der Waals surface area contributed by atoms with Gasteiger partial charge in [0.15, 0.2) is 0 Å². The second kappa shape index (κ2) is 5.05. The van der Waals surface area contributed by atoms with E-state index in [0.717, 1.165) is 10.2 Å². The second-order valence-electron chi connectivity index (χ2n) is 5.24. The van der Waals surface area contributed by atoms with Crippen LogP contribution in [0, 0.1) is 5.92 Å². The third-order valence-corrected chi connectivity index (χ3v) is 4.48. The number of halogens is 1. The number of hydrogen-bond donors (Lipinski definition) is 2. The molecule has 0 bridgehead atoms. The number of Topliss-reactive ketones (excluding diaryl/α,β-unsaturated/α-hetero) is 1. The molecule has 0 spiro atoms. The molecule has 2 N–H and O–H groups in total. The lowest BCUT2D eigenvalue weighted by Crippen LogP contribution is -2.42. The Morgan fingerprint density at radius 1 is 1.35 bits per heavy atom. The van der Waals surface area contributed by atoms with E-state index in [2.05, 4.69) is 33.1 Å². The summed E-state index contributed by atoms with van der Waals surface area (Å²) in [6.45, 7) is 3.72. The summed E-state index contributed by atoms with van der Waals surface area (Å²) in [4.78, 5) is 24.3. The monoisotopic (exact) mass is 334 g/mol. The van der Waals surface area contributed by atoms with E-state index in [4.69, 9.17) is 0 Å². The smallest absolute Gasteiger partial charge is 0.253 e. The Bertz CT molecular complexity index is 600. The number of carbonyl (C=O) groups is 2. The number of benzene rings is 1. The number of rotatable bonds is 2. The maximum Gasteiger partial charge on any atom is 0.253 e. The van der Waals surface area contributed by atoms with Gasteiger partial charge >= 0.3 is 0 Å². The number of amides is 1. The average molecular weight is 335 g/mol. The number of fused-ring (bicyclic) bond motifs is 2. The molecule has 1 aliphatic heterocycles. The van der Waals surface area contributed by atoms with Gasteiger partial charge in [0.25, 0.3) is 5.91 Å². The summed E-state index contributed by atoms with van der Waals surface area (Å²) in [5.74, 6) is -0.0611. The fourth-order valence-corrected chi connectivity index (χ4v) is 3.39. The average Bonchev–Trinajstić information content (AvgIpc) is 2.61. The molecule has 1 aliphatic carbocycles. The quantitative estimate of drug-likeness (QED) is 0.817. The molecule has 1 amide bonds. The SMILES string of the molecule is C=CC[C@@H]1C(=O)C[C@H]2NC(=O)c3cc(Br)ccc3N[C@@H]12. The van der Waals surface area contributed by atoms with E-state index in [-0.39, 0.29) is 29.7 Å². The van der Waals surface area contributed by atoms with Crippen LogP contribution in [0.4, 0.5) is 5.69 Å². The van der Waals surface area contributed by atoms with Crippen molar-refractivity contribution in [2.45, 2.75) is 24.9 Å². The Labute approximate surface area is 125 Å². The van der Waals surface area contributed by atoms with Crippen molar-refractivity contribution in [2.75, 3.05) is 5.32 Å². The van der Waals surface area contributed by atoms with Gasteiger partial charge in [-0.2, -0.15) is 0 Å². The molecular formula is C15H15BrN2O2. The van der Waals surface area contributed by atoms with E-state index in [9.17, 15) is 9.59 Å². The molecule has 20 heavy (non-hydrogen) atoms. The Hall–Kier alpha value is -1.62. The number of ketones is 1. The highest BCUT2D eigenvalue weighted by atomic mass is 79.9. The van der Waals surface area contributed by atoms with Crippen LogP contribution >= 0.6 is 15.9 Å². The van der Waals surface area contributed by atoms with Gasteiger partial charge in [0.2, 0.25) is 0 Å². The predicted molar refractivity (Wildman–Crippen MR) is 80.7 cm³/mol. The molecule has 104 valence electrons. The largest absolute Gasteiger partial charge is 0.379 e. The summed E-state index contributed by atoms with van der Waals surface area (Å²) in [6, 6.07) is 5.34. The molecule has 1 fully saturated rings. The zero-order chi connectivity index (χ0) is 14.3. The van der Waals surface area contributed by atoms with Crippen LogP contribution in [0.5, 0.6) is 0 Å². The van der Waals surface area contributed by atoms with E-state index in [1.807, 2.05) is 12.1 Å². The lowest BCUT2D eigenvalue weighted by atomic mass is 9.97. The molecule has 1 saturated carbocycles. The lowest BCUT2D eigenvalue weighted by molar-refractivity contribution is -0.120. The van der Waals surface area contributed by atoms with Gasteiger partial charge < -0.3 is 10.6 Å². The Kier molecular flexibility index (Phi) is 3.38. The summed E-state index contributed by atoms with van der Waals surface area (Å²) in [7, 11) is 0. The van der Waals surface area contributed by atoms with Gasteiger partial charge in [0, 0.05) is 22.5 Å². The molecule has 4 nitrogen and oxygen atoms in total. The molecular weight excluding hydrogens is 320 g/mol. The minimum Gasteiger partial charge on any atom is -0.379 e. The molecule has 0 aromatic heterocycles. The lowest BCUT2D eigenvalue weighted by Gasteiger charge is -2.23. The van der Waals surface area contributed by atoms with Crippen molar-refractivity contribution in [3.63, 3.8) is 0 Å². The highest BCUT2D eigenvalue weighted by molar-refractivity contribution is 9.10. The summed E-state index contributed by atoms with van der Waals surface area (Å²) in [5.41, 5.74) is 1.39. The number of allylic oxidation sites excluding steroid dienone is 1. The number of hydrogen-bond acceptors (Lipinski definition) is 3. The normalized spacial score (nSPS) is 27.9. The van der Waals surface area contributed by atoms with Crippen LogP contribution < -0.4 is 10.6 Å². The van der Waals surface area contributed by atoms with Crippen LogP contribution in [0.15, 0.2) is 35.3 Å². The first-order chi connectivity index (χ1) is 9.60. The minimum atomic E-state index is -0.147. The van der Waals surface area contributed by atoms with Crippen LogP contribution in [-0.4, -0.2) is 23.8 Å². The summed E-state index contributed by atoms with van der Waals surface area (Å²) in [6.07, 6.45) is 2.79. The third kappa shape index (κ3) is 2.16. The van der Waals surface area contributed by atoms with Crippen molar-refractivity contribution >= 4 is 33.3 Å². The number of carbonyl (C=O) groups excluding carboxylic acids is 2. The predicted octanol–water partition coefficient (Wildman–Crippen LogP) is 2.51. The van der Waals surface area contributed by atoms with Crippen LogP contribution in [0.3, 0.4) is 0 Å². The maximum absolute atomic E-state index is 12.3. The molecule has 2 aliphatic rings. The minimum absolute atomic E-state index is 0.0631. The fraction of sp³-hybridized carbons (Fsp3) is 0.333. The first kappa shape index (κ1) is 13.4. The molecule has 0 saturated heterocycles. The highest BCUT2D eigenvalue weighted by Crippen LogP contribution is 2.33. The molecule has 3 atom stereocenters. The van der Waals surface area contributed by atoms with Gasteiger partial charge in [0.1, 0.15) is 5.78 Å². The van der Waals surface area contributed by atoms with Crippen molar-refractivity contribution in [1.82, 2.24) is 5.32 Å². The van der Waals surface area contributed by atoms with Crippen LogP contribution in [0.1, 0.15) is 23.2 Å². The van der Waals surface area contributed by atoms with E-state index >= 15 is 0 Å². The molecule has 0 radical (unpaired) electrons. The molecule has 5 heteroatoms. The summed E-state index contributed by atoms with van der Waals surface area (Å²) >= 11 is 3.38. The van der Waals surface area contributed by atoms with Crippen molar-refractivity contribution < 1.29 is 9.59 Å². The van der Waals surface area contributed by atoms with E-state index in [0.29, 0.717) is 18.4 Å². The first-order valence-corrected chi connectivity index (χ1v) is 7.40. The molecule has 1 aromatic carbocycles. The summed E-state index contributed by atoms with van der Waals surface area (Å²) < 4.78 is 0.860. The van der Waals surface area contributed by atoms with Crippen molar-refractivity contribution in [3.8, 4) is 0 Å². The fourth-order valence-electron chi connectivity index (χ4n) is 3.03. The highest BCUT2D eigenvalue weighted by Gasteiger charge is 2.44. The number of anilines is 1. The Balaban J connectivity index is 1.99. The van der Waals surface area contributed by atoms with E-state index < -0.39 is 0 Å². The topological polar surface area (TPSA) is 58.2 Å². The first-order valence-electron chi connectivity index (χ1n) is 6.60. The zero-order valence-electron chi connectivity index (χ0n) is 10.9. The van der Waals surface area contributed by atoms with Crippen molar-refractivity contribution in [1.29, 1.82) is 0 Å². The Morgan fingerprint density at radius 3 is 2.90 bits per heavy atom. The molecule has 1 aromatic rings. The van der Waals surface area contributed by atoms with Crippen molar-refractivity contribution in [2.24, 2.45) is 5.92 Å². The molecule has 3 rings (SSSR count). The number of nitrogens with one attached hydrogen (secondary N) is 2. The van der Waals surface area contributed by atoms with Gasteiger partial charge in [-0.25, -0.2) is 0 Å². The Morgan fingerprint density at radius 2 is 2.15 bits per heavy atom. The van der Waals surface area contributed by atoms with Gasteiger partial charge in [-0.05, 0) is 24.6 Å².